The Kier molecular flexibility index (Phi) is 8.55. The molecule has 0 aliphatic carbocycles. The highest BCUT2D eigenvalue weighted by Crippen LogP contribution is 2.18. The van der Waals surface area contributed by atoms with E-state index in [1.54, 1.807) is 13.0 Å². The van der Waals surface area contributed by atoms with E-state index >= 15 is 0 Å². The summed E-state index contributed by atoms with van der Waals surface area (Å²) in [6.07, 6.45) is 4.46. The van der Waals surface area contributed by atoms with Crippen LogP contribution in [0.2, 0.25) is 0 Å². The number of hydrogen-bond acceptors (Lipinski definition) is 5. The van der Waals surface area contributed by atoms with E-state index in [0.29, 0.717) is 24.2 Å². The van der Waals surface area contributed by atoms with Gasteiger partial charge in [-0.2, -0.15) is 4.89 Å². The van der Waals surface area contributed by atoms with Crippen molar-refractivity contribution < 1.29 is 24.4 Å². The van der Waals surface area contributed by atoms with Crippen LogP contribution in [0.3, 0.4) is 0 Å². The van der Waals surface area contributed by atoms with Crippen molar-refractivity contribution in [2.24, 2.45) is 0 Å². The number of phenolic OH excluding ortho intramolecular Hbond substituents is 1. The van der Waals surface area contributed by atoms with Gasteiger partial charge in [-0.3, -0.25) is 4.89 Å². The molecule has 22 heavy (non-hydrogen) atoms. The summed E-state index contributed by atoms with van der Waals surface area (Å²) in [5.41, 5.74) is 1.09. The second-order valence-electron chi connectivity index (χ2n) is 5.16. The number of benzene rings is 1. The molecule has 0 aliphatic rings. The maximum atomic E-state index is 12.0. The van der Waals surface area contributed by atoms with Gasteiger partial charge in [0.1, 0.15) is 5.75 Å². The van der Waals surface area contributed by atoms with Gasteiger partial charge >= 0.3 is 5.97 Å². The summed E-state index contributed by atoms with van der Waals surface area (Å²) in [6.45, 7) is 6.32. The average molecular weight is 310 g/mol. The molecule has 1 unspecified atom stereocenters. The van der Waals surface area contributed by atoms with Crippen molar-refractivity contribution in [2.75, 3.05) is 6.61 Å². The molecule has 124 valence electrons. The first-order valence-electron chi connectivity index (χ1n) is 7.89. The topological polar surface area (TPSA) is 65.0 Å². The van der Waals surface area contributed by atoms with Crippen molar-refractivity contribution in [3.05, 3.63) is 29.3 Å². The summed E-state index contributed by atoms with van der Waals surface area (Å²) in [7, 11) is 0. The van der Waals surface area contributed by atoms with E-state index in [2.05, 4.69) is 6.92 Å². The third-order valence-electron chi connectivity index (χ3n) is 3.30. The van der Waals surface area contributed by atoms with Crippen LogP contribution in [0.15, 0.2) is 18.2 Å². The molecule has 0 radical (unpaired) electrons. The van der Waals surface area contributed by atoms with Gasteiger partial charge in [-0.1, -0.05) is 33.1 Å². The van der Waals surface area contributed by atoms with Gasteiger partial charge in [-0.05, 0) is 43.5 Å². The van der Waals surface area contributed by atoms with Crippen LogP contribution in [0.5, 0.6) is 5.75 Å². The third kappa shape index (κ3) is 6.45. The van der Waals surface area contributed by atoms with Gasteiger partial charge in [0, 0.05) is 6.61 Å². The lowest BCUT2D eigenvalue weighted by Crippen LogP contribution is -2.18. The van der Waals surface area contributed by atoms with Crippen molar-refractivity contribution in [2.45, 2.75) is 59.2 Å². The predicted molar refractivity (Wildman–Crippen MR) is 83.5 cm³/mol. The minimum Gasteiger partial charge on any atom is -0.508 e. The minimum absolute atomic E-state index is 0.123. The number of unbranched alkanes of at least 4 members (excludes halogenated alkanes) is 3. The standard InChI is InChI=1S/C17H26O5/c1-4-6-7-8-11-20-13(3)21-22-17(19)16-10-9-15(18)12-14(16)5-2/h9-10,12-13,18H,4-8,11H2,1-3H3. The lowest BCUT2D eigenvalue weighted by atomic mass is 10.1. The molecule has 0 amide bonds. The van der Waals surface area contributed by atoms with E-state index < -0.39 is 12.3 Å². The van der Waals surface area contributed by atoms with E-state index in [4.69, 9.17) is 14.5 Å². The normalized spacial score (nSPS) is 12.1. The Bertz CT molecular complexity index is 458. The molecular weight excluding hydrogens is 284 g/mol. The molecule has 0 bridgehead atoms. The van der Waals surface area contributed by atoms with Crippen molar-refractivity contribution in [3.8, 4) is 5.75 Å². The Labute approximate surface area is 132 Å². The molecule has 0 aromatic heterocycles. The molecule has 0 saturated heterocycles. The number of carbonyl (C=O) groups is 1. The predicted octanol–water partition coefficient (Wildman–Crippen LogP) is 3.99. The first-order chi connectivity index (χ1) is 10.6. The van der Waals surface area contributed by atoms with Crippen molar-refractivity contribution in [1.29, 1.82) is 0 Å². The average Bonchev–Trinajstić information content (AvgIpc) is 2.52. The fraction of sp³-hybridized carbons (Fsp3) is 0.588. The summed E-state index contributed by atoms with van der Waals surface area (Å²) in [6, 6.07) is 4.52. The highest BCUT2D eigenvalue weighted by atomic mass is 17.2. The second-order valence-corrected chi connectivity index (χ2v) is 5.16. The maximum absolute atomic E-state index is 12.0. The molecule has 1 N–H and O–H groups in total. The summed E-state index contributed by atoms with van der Waals surface area (Å²) in [5, 5.41) is 9.42. The summed E-state index contributed by atoms with van der Waals surface area (Å²) >= 11 is 0. The smallest absolute Gasteiger partial charge is 0.373 e. The molecule has 0 fully saturated rings. The van der Waals surface area contributed by atoms with E-state index in [1.165, 1.54) is 25.0 Å². The highest BCUT2D eigenvalue weighted by Gasteiger charge is 2.15. The molecule has 0 saturated carbocycles. The van der Waals surface area contributed by atoms with Gasteiger partial charge in [0.2, 0.25) is 0 Å². The quantitative estimate of drug-likeness (QED) is 0.306. The number of phenols is 1. The van der Waals surface area contributed by atoms with E-state index in [-0.39, 0.29) is 5.75 Å². The lowest BCUT2D eigenvalue weighted by Gasteiger charge is -2.13. The minimum atomic E-state index is -0.604. The largest absolute Gasteiger partial charge is 0.508 e. The van der Waals surface area contributed by atoms with Crippen LogP contribution in [-0.4, -0.2) is 24.0 Å². The van der Waals surface area contributed by atoms with Crippen LogP contribution in [0, 0.1) is 0 Å². The number of rotatable bonds is 10. The van der Waals surface area contributed by atoms with Crippen LogP contribution >= 0.6 is 0 Å². The first-order valence-corrected chi connectivity index (χ1v) is 7.89. The van der Waals surface area contributed by atoms with E-state index in [0.717, 1.165) is 12.8 Å². The van der Waals surface area contributed by atoms with Gasteiger partial charge in [-0.25, -0.2) is 4.79 Å². The van der Waals surface area contributed by atoms with Gasteiger partial charge < -0.3 is 9.84 Å². The first kappa shape index (κ1) is 18.5. The van der Waals surface area contributed by atoms with Gasteiger partial charge in [0.05, 0.1) is 5.56 Å². The fourth-order valence-electron chi connectivity index (χ4n) is 2.03. The second kappa shape index (κ2) is 10.2. The summed E-state index contributed by atoms with van der Waals surface area (Å²) in [5.74, 6) is -0.462. The highest BCUT2D eigenvalue weighted by molar-refractivity contribution is 5.90. The van der Waals surface area contributed by atoms with Gasteiger partial charge in [0.25, 0.3) is 0 Å². The Balaban J connectivity index is 2.36. The molecule has 1 aromatic carbocycles. The summed E-state index contributed by atoms with van der Waals surface area (Å²) < 4.78 is 5.41. The zero-order valence-electron chi connectivity index (χ0n) is 13.6. The number of carbonyl (C=O) groups excluding carboxylic acids is 1. The Morgan fingerprint density at radius 1 is 1.23 bits per heavy atom. The van der Waals surface area contributed by atoms with Gasteiger partial charge in [0.15, 0.2) is 6.29 Å². The van der Waals surface area contributed by atoms with E-state index in [9.17, 15) is 9.90 Å². The third-order valence-corrected chi connectivity index (χ3v) is 3.30. The molecule has 1 aromatic rings. The van der Waals surface area contributed by atoms with Crippen LogP contribution in [0.1, 0.15) is 62.4 Å². The van der Waals surface area contributed by atoms with Crippen LogP contribution in [-0.2, 0) is 20.9 Å². The molecule has 5 heteroatoms. The van der Waals surface area contributed by atoms with Crippen LogP contribution in [0.25, 0.3) is 0 Å². The number of ether oxygens (including phenoxy) is 1. The summed E-state index contributed by atoms with van der Waals surface area (Å²) in [4.78, 5) is 21.7. The maximum Gasteiger partial charge on any atom is 0.373 e. The SMILES string of the molecule is CCCCCCOC(C)OOC(=O)c1ccc(O)cc1CC. The van der Waals surface area contributed by atoms with Crippen molar-refractivity contribution >= 4 is 5.97 Å². The van der Waals surface area contributed by atoms with Crippen LogP contribution < -0.4 is 0 Å². The van der Waals surface area contributed by atoms with Gasteiger partial charge in [-0.15, -0.1) is 0 Å². The molecule has 0 spiro atoms. The molecule has 5 nitrogen and oxygen atoms in total. The zero-order valence-corrected chi connectivity index (χ0v) is 13.6. The fourth-order valence-corrected chi connectivity index (χ4v) is 2.03. The molecular formula is C17H26O5. The Morgan fingerprint density at radius 3 is 2.68 bits per heavy atom. The monoisotopic (exact) mass is 310 g/mol. The van der Waals surface area contributed by atoms with Crippen LogP contribution in [0.4, 0.5) is 0 Å². The number of aryl methyl sites for hydroxylation is 1. The number of hydrogen-bond donors (Lipinski definition) is 1. The molecule has 0 heterocycles. The Morgan fingerprint density at radius 2 is 2.00 bits per heavy atom. The lowest BCUT2D eigenvalue weighted by molar-refractivity contribution is -0.333. The molecule has 0 aliphatic heterocycles. The van der Waals surface area contributed by atoms with Crippen molar-refractivity contribution in [1.82, 2.24) is 0 Å². The molecule has 1 atom stereocenters. The molecule has 1 rings (SSSR count). The number of aromatic hydroxyl groups is 1. The van der Waals surface area contributed by atoms with Crippen molar-refractivity contribution in [3.63, 3.8) is 0 Å². The van der Waals surface area contributed by atoms with E-state index in [1.807, 2.05) is 6.92 Å². The Hall–Kier alpha value is -1.59. The zero-order chi connectivity index (χ0) is 16.4.